The molecule has 0 aromatic carbocycles. The Morgan fingerprint density at radius 1 is 1.30 bits per heavy atom. The smallest absolute Gasteiger partial charge is 0.0593 e. The Kier molecular flexibility index (Phi) is 4.65. The first-order chi connectivity index (χ1) is 9.77. The molecule has 2 N–H and O–H groups in total. The standard InChI is InChI=1S/C16H31N3O/c1-2-4-15-11-16(13-17,6-10-20-15)19-9-8-18-7-3-5-14(18)12-19/h14-15H,2-13,17H2,1H3. The van der Waals surface area contributed by atoms with Crippen molar-refractivity contribution >= 4 is 0 Å². The molecule has 4 nitrogen and oxygen atoms in total. The summed E-state index contributed by atoms with van der Waals surface area (Å²) < 4.78 is 5.96. The van der Waals surface area contributed by atoms with Gasteiger partial charge < -0.3 is 10.5 Å². The summed E-state index contributed by atoms with van der Waals surface area (Å²) >= 11 is 0. The van der Waals surface area contributed by atoms with Gasteiger partial charge in [0, 0.05) is 44.4 Å². The summed E-state index contributed by atoms with van der Waals surface area (Å²) in [5.74, 6) is 0. The van der Waals surface area contributed by atoms with Crippen LogP contribution in [0.4, 0.5) is 0 Å². The molecule has 20 heavy (non-hydrogen) atoms. The van der Waals surface area contributed by atoms with Gasteiger partial charge in [-0.1, -0.05) is 13.3 Å². The zero-order valence-electron chi connectivity index (χ0n) is 13.0. The molecule has 4 heteroatoms. The van der Waals surface area contributed by atoms with Gasteiger partial charge in [-0.3, -0.25) is 9.80 Å². The molecule has 116 valence electrons. The summed E-state index contributed by atoms with van der Waals surface area (Å²) in [6, 6.07) is 0.791. The highest BCUT2D eigenvalue weighted by Gasteiger charge is 2.44. The van der Waals surface area contributed by atoms with Gasteiger partial charge >= 0.3 is 0 Å². The van der Waals surface area contributed by atoms with Crippen LogP contribution in [0.5, 0.6) is 0 Å². The van der Waals surface area contributed by atoms with Crippen LogP contribution in [-0.4, -0.2) is 66.8 Å². The molecule has 3 heterocycles. The summed E-state index contributed by atoms with van der Waals surface area (Å²) in [5, 5.41) is 0. The highest BCUT2D eigenvalue weighted by molar-refractivity contribution is 5.00. The summed E-state index contributed by atoms with van der Waals surface area (Å²) in [7, 11) is 0. The third-order valence-electron chi connectivity index (χ3n) is 5.78. The fourth-order valence-electron chi connectivity index (χ4n) is 4.53. The first kappa shape index (κ1) is 14.8. The lowest BCUT2D eigenvalue weighted by Crippen LogP contribution is -2.64. The van der Waals surface area contributed by atoms with Gasteiger partial charge in [-0.05, 0) is 38.6 Å². The largest absolute Gasteiger partial charge is 0.378 e. The summed E-state index contributed by atoms with van der Waals surface area (Å²) in [6.07, 6.45) is 7.86. The van der Waals surface area contributed by atoms with E-state index < -0.39 is 0 Å². The van der Waals surface area contributed by atoms with Gasteiger partial charge in [0.1, 0.15) is 0 Å². The van der Waals surface area contributed by atoms with Gasteiger partial charge in [-0.15, -0.1) is 0 Å². The minimum absolute atomic E-state index is 0.215. The number of piperazine rings is 1. The molecule has 0 aliphatic carbocycles. The minimum Gasteiger partial charge on any atom is -0.378 e. The monoisotopic (exact) mass is 281 g/mol. The van der Waals surface area contributed by atoms with Crippen molar-refractivity contribution in [2.45, 2.75) is 63.1 Å². The Morgan fingerprint density at radius 2 is 2.20 bits per heavy atom. The van der Waals surface area contributed by atoms with Crippen molar-refractivity contribution in [2.75, 3.05) is 39.3 Å². The third kappa shape index (κ3) is 2.76. The van der Waals surface area contributed by atoms with Crippen molar-refractivity contribution in [1.82, 2.24) is 9.80 Å². The molecule has 0 bridgehead atoms. The Bertz CT molecular complexity index is 323. The topological polar surface area (TPSA) is 41.7 Å². The first-order valence-electron chi connectivity index (χ1n) is 8.58. The molecule has 3 rings (SSSR count). The predicted octanol–water partition coefficient (Wildman–Crippen LogP) is 1.44. The number of nitrogens with zero attached hydrogens (tertiary/aromatic N) is 2. The summed E-state index contributed by atoms with van der Waals surface area (Å²) in [4.78, 5) is 5.41. The minimum atomic E-state index is 0.215. The van der Waals surface area contributed by atoms with Crippen LogP contribution in [0.25, 0.3) is 0 Å². The van der Waals surface area contributed by atoms with Crippen LogP contribution >= 0.6 is 0 Å². The molecule has 0 aromatic rings. The second kappa shape index (κ2) is 6.30. The third-order valence-corrected chi connectivity index (χ3v) is 5.78. The van der Waals surface area contributed by atoms with E-state index in [2.05, 4.69) is 16.7 Å². The maximum atomic E-state index is 6.25. The maximum Gasteiger partial charge on any atom is 0.0593 e. The molecule has 3 aliphatic heterocycles. The Hall–Kier alpha value is -0.160. The van der Waals surface area contributed by atoms with Crippen LogP contribution in [0.2, 0.25) is 0 Å². The average molecular weight is 281 g/mol. The lowest BCUT2D eigenvalue weighted by molar-refractivity contribution is -0.0888. The van der Waals surface area contributed by atoms with E-state index in [1.165, 1.54) is 51.9 Å². The maximum absolute atomic E-state index is 6.25. The van der Waals surface area contributed by atoms with Gasteiger partial charge in [0.2, 0.25) is 0 Å². The van der Waals surface area contributed by atoms with E-state index in [0.717, 1.165) is 32.0 Å². The Morgan fingerprint density at radius 3 is 3.00 bits per heavy atom. The van der Waals surface area contributed by atoms with Crippen molar-refractivity contribution < 1.29 is 4.74 Å². The molecule has 3 saturated heterocycles. The summed E-state index contributed by atoms with van der Waals surface area (Å²) in [6.45, 7) is 8.93. The van der Waals surface area contributed by atoms with Gasteiger partial charge in [0.25, 0.3) is 0 Å². The molecule has 0 spiro atoms. The number of hydrogen-bond donors (Lipinski definition) is 1. The highest BCUT2D eigenvalue weighted by atomic mass is 16.5. The van der Waals surface area contributed by atoms with Crippen LogP contribution in [0, 0.1) is 0 Å². The van der Waals surface area contributed by atoms with Crippen LogP contribution in [-0.2, 0) is 4.74 Å². The quantitative estimate of drug-likeness (QED) is 0.847. The van der Waals surface area contributed by atoms with Gasteiger partial charge in [-0.2, -0.15) is 0 Å². The molecule has 0 aromatic heterocycles. The molecule has 3 fully saturated rings. The Labute approximate surface area is 123 Å². The van der Waals surface area contributed by atoms with E-state index in [4.69, 9.17) is 10.5 Å². The van der Waals surface area contributed by atoms with Crippen molar-refractivity contribution in [2.24, 2.45) is 5.73 Å². The average Bonchev–Trinajstić information content (AvgIpc) is 2.95. The van der Waals surface area contributed by atoms with Crippen molar-refractivity contribution in [1.29, 1.82) is 0 Å². The molecular formula is C16H31N3O. The molecule has 3 aliphatic rings. The van der Waals surface area contributed by atoms with E-state index in [9.17, 15) is 0 Å². The lowest BCUT2D eigenvalue weighted by atomic mass is 9.82. The van der Waals surface area contributed by atoms with E-state index in [1.54, 1.807) is 0 Å². The zero-order chi connectivity index (χ0) is 14.0. The lowest BCUT2D eigenvalue weighted by Gasteiger charge is -2.52. The van der Waals surface area contributed by atoms with Crippen molar-refractivity contribution in [3.05, 3.63) is 0 Å². The van der Waals surface area contributed by atoms with E-state index in [-0.39, 0.29) is 5.54 Å². The molecule has 0 amide bonds. The predicted molar refractivity (Wildman–Crippen MR) is 81.8 cm³/mol. The number of rotatable bonds is 4. The number of fused-ring (bicyclic) bond motifs is 1. The number of ether oxygens (including phenoxy) is 1. The molecule has 0 radical (unpaired) electrons. The van der Waals surface area contributed by atoms with E-state index in [0.29, 0.717) is 6.10 Å². The second-order valence-electron chi connectivity index (χ2n) is 6.94. The van der Waals surface area contributed by atoms with Gasteiger partial charge in [0.05, 0.1) is 6.10 Å². The fraction of sp³-hybridized carbons (Fsp3) is 1.00. The van der Waals surface area contributed by atoms with Crippen LogP contribution in [0.15, 0.2) is 0 Å². The van der Waals surface area contributed by atoms with Gasteiger partial charge in [-0.25, -0.2) is 0 Å². The van der Waals surface area contributed by atoms with Gasteiger partial charge in [0.15, 0.2) is 0 Å². The number of nitrogens with two attached hydrogens (primary N) is 1. The first-order valence-corrected chi connectivity index (χ1v) is 8.58. The second-order valence-corrected chi connectivity index (χ2v) is 6.94. The molecular weight excluding hydrogens is 250 g/mol. The van der Waals surface area contributed by atoms with Crippen molar-refractivity contribution in [3.8, 4) is 0 Å². The zero-order valence-corrected chi connectivity index (χ0v) is 13.0. The van der Waals surface area contributed by atoms with Crippen LogP contribution < -0.4 is 5.73 Å². The van der Waals surface area contributed by atoms with Crippen molar-refractivity contribution in [3.63, 3.8) is 0 Å². The molecule has 3 unspecified atom stereocenters. The summed E-state index contributed by atoms with van der Waals surface area (Å²) in [5.41, 5.74) is 6.47. The molecule has 3 atom stereocenters. The molecule has 0 saturated carbocycles. The van der Waals surface area contributed by atoms with E-state index in [1.807, 2.05) is 0 Å². The normalized spacial score (nSPS) is 39.9. The van der Waals surface area contributed by atoms with Crippen LogP contribution in [0.3, 0.4) is 0 Å². The van der Waals surface area contributed by atoms with Crippen LogP contribution in [0.1, 0.15) is 45.4 Å². The Balaban J connectivity index is 1.68. The van der Waals surface area contributed by atoms with E-state index >= 15 is 0 Å². The SMILES string of the molecule is CCCC1CC(CN)(N2CCN3CCCC3C2)CCO1. The highest BCUT2D eigenvalue weighted by Crippen LogP contribution is 2.35. The number of hydrogen-bond acceptors (Lipinski definition) is 4. The fourth-order valence-corrected chi connectivity index (χ4v) is 4.53.